The Kier molecular flexibility index (Phi) is 11.8. The minimum absolute atomic E-state index is 0.00000185. The van der Waals surface area contributed by atoms with E-state index in [0.29, 0.717) is 5.69 Å². The van der Waals surface area contributed by atoms with Crippen LogP contribution in [0, 0.1) is 0 Å². The number of benzene rings is 7. The van der Waals surface area contributed by atoms with Crippen LogP contribution in [0.5, 0.6) is 0 Å². The number of carbonyl (C=O) groups excluding carboxylic acids is 1. The van der Waals surface area contributed by atoms with Gasteiger partial charge in [-0.2, -0.15) is 43.9 Å². The molecule has 1 aliphatic rings. The average Bonchev–Trinajstić information content (AvgIpc) is 3.26. The van der Waals surface area contributed by atoms with Crippen LogP contribution in [0.1, 0.15) is 15.9 Å². The first-order valence-corrected chi connectivity index (χ1v) is 24.4. The molecule has 0 aromatic heterocycles. The fraction of sp³-hybridized carbons (Fsp3) is 0. The molecular weight excluding hydrogens is 939 g/mol. The molecule has 0 unspecified atom stereocenters. The molecule has 0 radical (unpaired) electrons. The van der Waals surface area contributed by atoms with E-state index in [0.717, 1.165) is 48.2 Å². The molecule has 20 nitrogen and oxygen atoms in total. The number of carbonyl (C=O) groups is 1. The van der Waals surface area contributed by atoms with Crippen molar-refractivity contribution in [3.8, 4) is 0 Å². The number of Topliss-reactive ketones (excluding diaryl/α,β-unsaturated/α-hetero) is 1. The summed E-state index contributed by atoms with van der Waals surface area (Å²) in [7, 11) is -19.1. The Bertz CT molecular complexity index is 3790. The number of hydrogen-bond donors (Lipinski definition) is 6. The van der Waals surface area contributed by atoms with Crippen molar-refractivity contribution in [2.45, 2.75) is 14.7 Å². The third kappa shape index (κ3) is 9.65. The molecule has 66 heavy (non-hydrogen) atoms. The number of allylic oxidation sites excluding steroid dienone is 1. The van der Waals surface area contributed by atoms with Gasteiger partial charge in [0.05, 0.1) is 43.1 Å². The third-order valence-corrected chi connectivity index (χ3v) is 13.2. The lowest BCUT2D eigenvalue weighted by Gasteiger charge is -2.18. The van der Waals surface area contributed by atoms with Gasteiger partial charge in [0.25, 0.3) is 40.5 Å². The highest BCUT2D eigenvalue weighted by atomic mass is 32.2. The standard InChI is InChI=1S/C42H29N7O13S4/c50-42-31-12-9-26(43-25-5-2-1-3-6-25)19-24(31)20-40(66(60,61)62)41(42)49-48-37-16-18-39(35-23-30(65(57,58)59)11-14-33(35)37)47-46-36-15-17-38(34-22-29(64(54,55)56)10-13-32(34)36)45-44-27-7-4-8-28(21-27)63(51,52)53/h1-23,43,48H,(H,51,52,53)(H,54,55,56)(H,57,58,59)(H,60,61,62). The molecule has 24 heteroatoms. The van der Waals surface area contributed by atoms with Crippen LogP contribution in [0.2, 0.25) is 0 Å². The first-order valence-electron chi connectivity index (χ1n) is 18.7. The number of hydrazone groups is 1. The van der Waals surface area contributed by atoms with Crippen molar-refractivity contribution >= 4 is 119 Å². The Morgan fingerprint density at radius 3 is 1.64 bits per heavy atom. The Labute approximate surface area is 374 Å². The number of nitrogens with one attached hydrogen (secondary N) is 2. The normalized spacial score (nSPS) is 14.3. The number of hydrogen-bond acceptors (Lipinski definition) is 16. The zero-order valence-corrected chi connectivity index (χ0v) is 36.4. The summed E-state index contributed by atoms with van der Waals surface area (Å²) in [6.45, 7) is 0. The molecule has 0 bridgehead atoms. The smallest absolute Gasteiger partial charge is 0.296 e. The van der Waals surface area contributed by atoms with Gasteiger partial charge < -0.3 is 5.32 Å². The van der Waals surface area contributed by atoms with Gasteiger partial charge in [-0.15, -0.1) is 15.3 Å². The molecular formula is C42H29N7O13S4. The number of rotatable bonds is 12. The maximum Gasteiger partial charge on any atom is 0.296 e. The predicted molar refractivity (Wildman–Crippen MR) is 243 cm³/mol. The molecule has 0 saturated heterocycles. The van der Waals surface area contributed by atoms with Gasteiger partial charge in [0.1, 0.15) is 4.91 Å². The number of anilines is 3. The number of para-hydroxylation sites is 1. The number of nitrogens with zero attached hydrogens (tertiary/aromatic N) is 5. The number of ketones is 1. The topological polar surface area (TPSA) is 320 Å². The molecule has 0 spiro atoms. The molecule has 334 valence electrons. The van der Waals surface area contributed by atoms with Crippen molar-refractivity contribution in [1.82, 2.24) is 0 Å². The second-order valence-corrected chi connectivity index (χ2v) is 19.8. The Balaban J connectivity index is 1.17. The van der Waals surface area contributed by atoms with Gasteiger partial charge >= 0.3 is 0 Å². The van der Waals surface area contributed by atoms with Crippen LogP contribution >= 0.6 is 0 Å². The van der Waals surface area contributed by atoms with E-state index in [4.69, 9.17) is 0 Å². The summed E-state index contributed by atoms with van der Waals surface area (Å²) in [5, 5.41) is 24.5. The van der Waals surface area contributed by atoms with Gasteiger partial charge in [-0.1, -0.05) is 36.4 Å². The lowest BCUT2D eigenvalue weighted by Crippen LogP contribution is -2.27. The second-order valence-electron chi connectivity index (χ2n) is 14.2. The SMILES string of the molecule is O=C1C(=NNc2ccc(N=Nc3ccc(N=Nc4cccc(S(=O)(=O)O)c4)c4cc(S(=O)(=O)O)ccc34)c3cc(S(=O)(=O)O)ccc23)C(S(=O)(=O)O)=Cc2cc(Nc3ccccc3)ccc21. The number of azo groups is 2. The molecule has 0 saturated carbocycles. The second kappa shape index (κ2) is 17.2. The van der Waals surface area contributed by atoms with E-state index < -0.39 is 71.6 Å². The monoisotopic (exact) mass is 967 g/mol. The highest BCUT2D eigenvalue weighted by Crippen LogP contribution is 2.39. The van der Waals surface area contributed by atoms with Crippen LogP contribution in [0.25, 0.3) is 27.6 Å². The van der Waals surface area contributed by atoms with Gasteiger partial charge in [-0.3, -0.25) is 28.4 Å². The van der Waals surface area contributed by atoms with Crippen molar-refractivity contribution < 1.29 is 56.7 Å². The lowest BCUT2D eigenvalue weighted by molar-refractivity contribution is 0.106. The molecule has 0 aliphatic heterocycles. The fourth-order valence-electron chi connectivity index (χ4n) is 6.74. The van der Waals surface area contributed by atoms with Crippen molar-refractivity contribution in [1.29, 1.82) is 0 Å². The van der Waals surface area contributed by atoms with Crippen LogP contribution in [-0.4, -0.2) is 63.4 Å². The van der Waals surface area contributed by atoms with Crippen molar-refractivity contribution in [3.05, 3.63) is 149 Å². The van der Waals surface area contributed by atoms with E-state index in [9.17, 15) is 56.7 Å². The van der Waals surface area contributed by atoms with Gasteiger partial charge in [0, 0.05) is 38.5 Å². The van der Waals surface area contributed by atoms with Gasteiger partial charge in [-0.05, 0) is 109 Å². The van der Waals surface area contributed by atoms with E-state index in [1.807, 2.05) is 18.2 Å². The third-order valence-electron chi connectivity index (χ3n) is 9.82. The molecule has 7 aromatic carbocycles. The zero-order chi connectivity index (χ0) is 47.2. The Hall–Kier alpha value is -7.42. The summed E-state index contributed by atoms with van der Waals surface area (Å²) in [5.74, 6) is -0.850. The van der Waals surface area contributed by atoms with Gasteiger partial charge in [-0.25, -0.2) is 0 Å². The van der Waals surface area contributed by atoms with E-state index in [1.54, 1.807) is 18.2 Å². The van der Waals surface area contributed by atoms with Gasteiger partial charge in [0.15, 0.2) is 5.71 Å². The van der Waals surface area contributed by atoms with E-state index in [1.165, 1.54) is 60.7 Å². The molecule has 0 fully saturated rings. The minimum atomic E-state index is -5.04. The Morgan fingerprint density at radius 2 is 1.02 bits per heavy atom. The first kappa shape index (κ1) is 45.2. The maximum atomic E-state index is 13.8. The average molecular weight is 968 g/mol. The molecule has 7 aromatic rings. The maximum absolute atomic E-state index is 13.8. The molecule has 0 atom stereocenters. The predicted octanol–water partition coefficient (Wildman–Crippen LogP) is 9.20. The summed E-state index contributed by atoms with van der Waals surface area (Å²) in [4.78, 5) is 11.4. The highest BCUT2D eigenvalue weighted by molar-refractivity contribution is 7.91. The highest BCUT2D eigenvalue weighted by Gasteiger charge is 2.33. The van der Waals surface area contributed by atoms with Crippen molar-refractivity contribution in [2.75, 3.05) is 10.7 Å². The van der Waals surface area contributed by atoms with Crippen LogP contribution in [0.15, 0.2) is 179 Å². The minimum Gasteiger partial charge on any atom is -0.356 e. The van der Waals surface area contributed by atoms with Crippen LogP contribution < -0.4 is 10.7 Å². The van der Waals surface area contributed by atoms with E-state index >= 15 is 0 Å². The lowest BCUT2D eigenvalue weighted by atomic mass is 9.94. The van der Waals surface area contributed by atoms with E-state index in [-0.39, 0.29) is 61.1 Å². The summed E-state index contributed by atoms with van der Waals surface area (Å²) >= 11 is 0. The molecule has 1 aliphatic carbocycles. The van der Waals surface area contributed by atoms with E-state index in [2.05, 4.69) is 36.3 Å². The molecule has 6 N–H and O–H groups in total. The van der Waals surface area contributed by atoms with Crippen LogP contribution in [-0.2, 0) is 40.5 Å². The molecule has 0 heterocycles. The number of fused-ring (bicyclic) bond motifs is 3. The van der Waals surface area contributed by atoms with Crippen LogP contribution in [0.3, 0.4) is 0 Å². The first-order chi connectivity index (χ1) is 31.1. The van der Waals surface area contributed by atoms with Gasteiger partial charge in [0.2, 0.25) is 5.78 Å². The summed E-state index contributed by atoms with van der Waals surface area (Å²) < 4.78 is 137. The summed E-state index contributed by atoms with van der Waals surface area (Å²) in [6, 6.07) is 30.9. The van der Waals surface area contributed by atoms with Crippen LogP contribution in [0.4, 0.5) is 39.8 Å². The molecule has 0 amide bonds. The summed E-state index contributed by atoms with van der Waals surface area (Å²) in [5.41, 5.74) is 3.67. The Morgan fingerprint density at radius 1 is 0.455 bits per heavy atom. The molecule has 8 rings (SSSR count). The fourth-order valence-corrected chi connectivity index (χ4v) is 8.93. The zero-order valence-electron chi connectivity index (χ0n) is 33.1. The van der Waals surface area contributed by atoms with Crippen molar-refractivity contribution in [2.24, 2.45) is 25.6 Å². The largest absolute Gasteiger partial charge is 0.356 e. The summed E-state index contributed by atoms with van der Waals surface area (Å²) in [6.07, 6.45) is 1.09. The quantitative estimate of drug-likeness (QED) is 0.0377. The van der Waals surface area contributed by atoms with Crippen molar-refractivity contribution in [3.63, 3.8) is 0 Å².